The van der Waals surface area contributed by atoms with Gasteiger partial charge in [0.25, 0.3) is 0 Å². The number of aliphatic hydroxyl groups is 2. The van der Waals surface area contributed by atoms with E-state index in [0.717, 1.165) is 17.4 Å². The molecular weight excluding hydrogens is 272 g/mol. The van der Waals surface area contributed by atoms with Crippen molar-refractivity contribution in [1.82, 2.24) is 0 Å². The zero-order valence-corrected chi connectivity index (χ0v) is 12.1. The lowest BCUT2D eigenvalue weighted by atomic mass is 9.81. The lowest BCUT2D eigenvalue weighted by Crippen LogP contribution is -2.25. The Bertz CT molecular complexity index is 1000. The molecule has 1 aliphatic carbocycles. The van der Waals surface area contributed by atoms with Gasteiger partial charge in [-0.05, 0) is 56.3 Å². The number of hydrogen-bond donors (Lipinski definition) is 2. The summed E-state index contributed by atoms with van der Waals surface area (Å²) in [5.41, 5.74) is 2.09. The number of aryl methyl sites for hydroxylation is 1. The van der Waals surface area contributed by atoms with Gasteiger partial charge in [-0.2, -0.15) is 0 Å². The van der Waals surface area contributed by atoms with E-state index in [0.29, 0.717) is 6.42 Å². The highest BCUT2D eigenvalue weighted by molar-refractivity contribution is 6.23. The second kappa shape index (κ2) is 4.19. The van der Waals surface area contributed by atoms with Crippen molar-refractivity contribution in [1.29, 1.82) is 0 Å². The second-order valence-electron chi connectivity index (χ2n) is 6.36. The number of hydrogen-bond acceptors (Lipinski definition) is 2. The predicted molar refractivity (Wildman–Crippen MR) is 89.4 cm³/mol. The van der Waals surface area contributed by atoms with E-state index < -0.39 is 12.2 Å². The van der Waals surface area contributed by atoms with Gasteiger partial charge in [0.05, 0.1) is 6.10 Å². The molecule has 2 nitrogen and oxygen atoms in total. The minimum absolute atomic E-state index is 0.627. The average Bonchev–Trinajstić information content (AvgIpc) is 2.55. The fraction of sp³-hybridized carbons (Fsp3) is 0.200. The highest BCUT2D eigenvalue weighted by Gasteiger charge is 2.29. The first kappa shape index (κ1) is 12.4. The van der Waals surface area contributed by atoms with E-state index in [-0.39, 0.29) is 0 Å². The largest absolute Gasteiger partial charge is 0.390 e. The van der Waals surface area contributed by atoms with Crippen molar-refractivity contribution in [3.8, 4) is 0 Å². The van der Waals surface area contributed by atoms with Crippen molar-refractivity contribution in [3.63, 3.8) is 0 Å². The summed E-state index contributed by atoms with van der Waals surface area (Å²) in [5, 5.41) is 27.8. The lowest BCUT2D eigenvalue weighted by Gasteiger charge is -2.29. The summed E-state index contributed by atoms with van der Waals surface area (Å²) in [6.07, 6.45) is 0.00498. The highest BCUT2D eigenvalue weighted by Crippen LogP contribution is 2.42. The molecule has 2 atom stereocenters. The van der Waals surface area contributed by atoms with E-state index in [1.54, 1.807) is 0 Å². The van der Waals surface area contributed by atoms with Crippen LogP contribution < -0.4 is 0 Å². The Balaban J connectivity index is 2.04. The molecule has 2 N–H and O–H groups in total. The summed E-state index contributed by atoms with van der Waals surface area (Å²) >= 11 is 0. The summed E-state index contributed by atoms with van der Waals surface area (Å²) in [6.45, 7) is 0. The SMILES string of the molecule is O[C@@H]1CCc2cc3ccc4cccc5ccc(c2[C@H]1O)c3c45. The molecule has 2 heteroatoms. The first-order valence-corrected chi connectivity index (χ1v) is 7.79. The Morgan fingerprint density at radius 1 is 0.818 bits per heavy atom. The van der Waals surface area contributed by atoms with Crippen LogP contribution in [0.25, 0.3) is 32.3 Å². The van der Waals surface area contributed by atoms with Gasteiger partial charge in [0.15, 0.2) is 0 Å². The van der Waals surface area contributed by atoms with Crippen LogP contribution in [0.5, 0.6) is 0 Å². The molecule has 4 aromatic rings. The maximum absolute atomic E-state index is 10.5. The molecule has 1 aliphatic rings. The Kier molecular flexibility index (Phi) is 2.36. The van der Waals surface area contributed by atoms with Crippen LogP contribution in [0.15, 0.2) is 48.5 Å². The van der Waals surface area contributed by atoms with Crippen LogP contribution in [0.1, 0.15) is 23.7 Å². The minimum atomic E-state index is -0.784. The van der Waals surface area contributed by atoms with Crippen molar-refractivity contribution in [3.05, 3.63) is 59.7 Å². The van der Waals surface area contributed by atoms with E-state index >= 15 is 0 Å². The second-order valence-corrected chi connectivity index (χ2v) is 6.36. The number of rotatable bonds is 0. The number of benzene rings is 4. The molecule has 0 aliphatic heterocycles. The van der Waals surface area contributed by atoms with Crippen LogP contribution in [0.3, 0.4) is 0 Å². The van der Waals surface area contributed by atoms with Crippen LogP contribution in [0, 0.1) is 0 Å². The van der Waals surface area contributed by atoms with Gasteiger partial charge < -0.3 is 10.2 Å². The molecule has 0 saturated heterocycles. The summed E-state index contributed by atoms with van der Waals surface area (Å²) in [6, 6.07) is 17.1. The van der Waals surface area contributed by atoms with Gasteiger partial charge in [-0.3, -0.25) is 0 Å². The van der Waals surface area contributed by atoms with Crippen LogP contribution in [0.4, 0.5) is 0 Å². The van der Waals surface area contributed by atoms with Crippen molar-refractivity contribution in [2.24, 2.45) is 0 Å². The summed E-state index contributed by atoms with van der Waals surface area (Å²) in [7, 11) is 0. The van der Waals surface area contributed by atoms with E-state index in [1.165, 1.54) is 32.5 Å². The molecule has 0 aromatic heterocycles. The normalized spacial score (nSPS) is 21.7. The molecule has 0 radical (unpaired) electrons. The standard InChI is InChI=1S/C20H16O2/c21-16-9-7-14-10-13-5-4-11-2-1-3-12-6-8-15(18(13)17(11)12)19(14)20(16)22/h1-6,8,10,16,20-22H,7,9H2/t16-,20+/m1/s1. The van der Waals surface area contributed by atoms with Gasteiger partial charge in [-0.1, -0.05) is 48.5 Å². The first-order valence-electron chi connectivity index (χ1n) is 7.79. The zero-order chi connectivity index (χ0) is 14.8. The number of aliphatic hydroxyl groups excluding tert-OH is 2. The van der Waals surface area contributed by atoms with E-state index in [1.807, 2.05) is 0 Å². The van der Waals surface area contributed by atoms with E-state index in [4.69, 9.17) is 0 Å². The smallest absolute Gasteiger partial charge is 0.106 e. The van der Waals surface area contributed by atoms with Gasteiger partial charge in [0.1, 0.15) is 6.10 Å². The molecule has 0 saturated carbocycles. The molecule has 4 aromatic carbocycles. The third-order valence-electron chi connectivity index (χ3n) is 5.14. The van der Waals surface area contributed by atoms with Crippen LogP contribution in [-0.2, 0) is 6.42 Å². The Labute approximate surface area is 127 Å². The average molecular weight is 288 g/mol. The molecule has 5 rings (SSSR count). The van der Waals surface area contributed by atoms with Crippen molar-refractivity contribution >= 4 is 32.3 Å². The molecule has 108 valence electrons. The summed E-state index contributed by atoms with van der Waals surface area (Å²) < 4.78 is 0. The summed E-state index contributed by atoms with van der Waals surface area (Å²) in [4.78, 5) is 0. The Hall–Kier alpha value is -2.16. The van der Waals surface area contributed by atoms with Crippen LogP contribution >= 0.6 is 0 Å². The van der Waals surface area contributed by atoms with E-state index in [2.05, 4.69) is 48.5 Å². The van der Waals surface area contributed by atoms with Gasteiger partial charge in [0.2, 0.25) is 0 Å². The zero-order valence-electron chi connectivity index (χ0n) is 12.1. The fourth-order valence-electron chi connectivity index (χ4n) is 4.10. The van der Waals surface area contributed by atoms with Crippen LogP contribution in [-0.4, -0.2) is 16.3 Å². The van der Waals surface area contributed by atoms with Crippen molar-refractivity contribution in [2.45, 2.75) is 25.0 Å². The Morgan fingerprint density at radius 2 is 1.55 bits per heavy atom. The molecular formula is C20H16O2. The van der Waals surface area contributed by atoms with Gasteiger partial charge >= 0.3 is 0 Å². The monoisotopic (exact) mass is 288 g/mol. The highest BCUT2D eigenvalue weighted by atomic mass is 16.3. The molecule has 0 unspecified atom stereocenters. The number of fused-ring (bicyclic) bond motifs is 2. The molecule has 0 bridgehead atoms. The summed E-state index contributed by atoms with van der Waals surface area (Å²) in [5.74, 6) is 0. The first-order chi connectivity index (χ1) is 10.7. The van der Waals surface area contributed by atoms with Crippen molar-refractivity contribution in [2.75, 3.05) is 0 Å². The fourth-order valence-corrected chi connectivity index (χ4v) is 4.10. The van der Waals surface area contributed by atoms with Gasteiger partial charge in [0, 0.05) is 0 Å². The van der Waals surface area contributed by atoms with Crippen LogP contribution in [0.2, 0.25) is 0 Å². The third-order valence-corrected chi connectivity index (χ3v) is 5.14. The topological polar surface area (TPSA) is 40.5 Å². The molecule has 0 spiro atoms. The lowest BCUT2D eigenvalue weighted by molar-refractivity contribution is 0.00750. The molecule has 0 amide bonds. The quantitative estimate of drug-likeness (QED) is 0.481. The molecule has 0 fully saturated rings. The third kappa shape index (κ3) is 1.46. The van der Waals surface area contributed by atoms with Gasteiger partial charge in [-0.25, -0.2) is 0 Å². The Morgan fingerprint density at radius 3 is 2.36 bits per heavy atom. The minimum Gasteiger partial charge on any atom is -0.390 e. The molecule has 0 heterocycles. The predicted octanol–water partition coefficient (Wildman–Crippen LogP) is 3.92. The van der Waals surface area contributed by atoms with Gasteiger partial charge in [-0.15, -0.1) is 0 Å². The van der Waals surface area contributed by atoms with Crippen molar-refractivity contribution < 1.29 is 10.2 Å². The van der Waals surface area contributed by atoms with E-state index in [9.17, 15) is 10.2 Å². The molecule has 22 heavy (non-hydrogen) atoms. The maximum atomic E-state index is 10.5. The maximum Gasteiger partial charge on any atom is 0.106 e.